The lowest BCUT2D eigenvalue weighted by atomic mass is 10.1. The number of amides is 1. The Morgan fingerprint density at radius 3 is 2.63 bits per heavy atom. The Labute approximate surface area is 159 Å². The van der Waals surface area contributed by atoms with E-state index in [1.807, 2.05) is 18.2 Å². The first-order chi connectivity index (χ1) is 13.1. The van der Waals surface area contributed by atoms with Gasteiger partial charge in [-0.25, -0.2) is 0 Å². The third-order valence-electron chi connectivity index (χ3n) is 4.95. The molecular weight excluding hydrogens is 344 g/mol. The maximum Gasteiger partial charge on any atom is 0.272 e. The Morgan fingerprint density at radius 2 is 1.85 bits per heavy atom. The molecule has 1 amide bonds. The minimum absolute atomic E-state index is 0.0710. The molecule has 0 spiro atoms. The van der Waals surface area contributed by atoms with Gasteiger partial charge in [-0.2, -0.15) is 0 Å². The minimum Gasteiger partial charge on any atom is -0.454 e. The first-order valence-electron chi connectivity index (χ1n) is 9.14. The lowest BCUT2D eigenvalue weighted by molar-refractivity contribution is 0.0822. The van der Waals surface area contributed by atoms with Crippen molar-refractivity contribution < 1.29 is 14.3 Å². The summed E-state index contributed by atoms with van der Waals surface area (Å²) in [5.41, 5.74) is 2.77. The van der Waals surface area contributed by atoms with E-state index in [-0.39, 0.29) is 5.91 Å². The van der Waals surface area contributed by atoms with Gasteiger partial charge in [-0.15, -0.1) is 0 Å². The predicted octanol–water partition coefficient (Wildman–Crippen LogP) is 1.83. The van der Waals surface area contributed by atoms with Gasteiger partial charge in [-0.1, -0.05) is 6.07 Å². The van der Waals surface area contributed by atoms with E-state index in [0.29, 0.717) is 12.5 Å². The maximum absolute atomic E-state index is 12.1. The van der Waals surface area contributed by atoms with E-state index in [1.54, 1.807) is 25.2 Å². The van der Waals surface area contributed by atoms with Crippen LogP contribution in [0.1, 0.15) is 16.1 Å². The third-order valence-corrected chi connectivity index (χ3v) is 4.95. The zero-order chi connectivity index (χ0) is 18.8. The summed E-state index contributed by atoms with van der Waals surface area (Å²) in [4.78, 5) is 22.6. The smallest absolute Gasteiger partial charge is 0.272 e. The molecule has 7 heteroatoms. The van der Waals surface area contributed by atoms with Crippen molar-refractivity contribution in [2.75, 3.05) is 52.0 Å². The summed E-state index contributed by atoms with van der Waals surface area (Å²) in [7, 11) is 3.48. The normalized spacial score (nSPS) is 16.4. The van der Waals surface area contributed by atoms with Crippen LogP contribution in [0.5, 0.6) is 11.5 Å². The second kappa shape index (κ2) is 7.44. The Bertz CT molecular complexity index is 832. The second-order valence-electron chi connectivity index (χ2n) is 7.05. The van der Waals surface area contributed by atoms with Crippen molar-refractivity contribution in [1.29, 1.82) is 0 Å². The van der Waals surface area contributed by atoms with Gasteiger partial charge in [0.05, 0.1) is 0 Å². The molecule has 0 bridgehead atoms. The molecular formula is C20H24N4O3. The van der Waals surface area contributed by atoms with Gasteiger partial charge in [-0.3, -0.25) is 14.7 Å². The number of rotatable bonds is 4. The van der Waals surface area contributed by atoms with Crippen LogP contribution in [0.3, 0.4) is 0 Å². The number of anilines is 1. The van der Waals surface area contributed by atoms with Crippen LogP contribution in [-0.4, -0.2) is 67.8 Å². The van der Waals surface area contributed by atoms with E-state index in [1.165, 1.54) is 5.56 Å². The number of aromatic nitrogens is 1. The highest BCUT2D eigenvalue weighted by molar-refractivity contribution is 5.92. The number of hydrogen-bond donors (Lipinski definition) is 0. The number of benzene rings is 1. The summed E-state index contributed by atoms with van der Waals surface area (Å²) in [6, 6.07) is 10.0. The molecule has 1 aromatic heterocycles. The van der Waals surface area contributed by atoms with Gasteiger partial charge < -0.3 is 19.3 Å². The number of fused-ring (bicyclic) bond motifs is 1. The number of carbonyl (C=O) groups excluding carboxylic acids is 1. The molecule has 27 heavy (non-hydrogen) atoms. The third kappa shape index (κ3) is 3.83. The monoisotopic (exact) mass is 368 g/mol. The first kappa shape index (κ1) is 17.6. The van der Waals surface area contributed by atoms with Gasteiger partial charge in [0.2, 0.25) is 6.79 Å². The number of nitrogens with zero attached hydrogens (tertiary/aromatic N) is 4. The molecule has 4 rings (SSSR count). The molecule has 2 aromatic rings. The molecule has 2 aliphatic heterocycles. The Kier molecular flexibility index (Phi) is 4.85. The molecule has 7 nitrogen and oxygen atoms in total. The highest BCUT2D eigenvalue weighted by atomic mass is 16.7. The first-order valence-corrected chi connectivity index (χ1v) is 9.14. The van der Waals surface area contributed by atoms with Crippen molar-refractivity contribution in [2.45, 2.75) is 6.54 Å². The molecule has 0 saturated carbocycles. The summed E-state index contributed by atoms with van der Waals surface area (Å²) < 4.78 is 10.8. The molecule has 2 aliphatic rings. The lowest BCUT2D eigenvalue weighted by Crippen LogP contribution is -2.46. The summed E-state index contributed by atoms with van der Waals surface area (Å²) in [5.74, 6) is 1.59. The Morgan fingerprint density at radius 1 is 1.07 bits per heavy atom. The van der Waals surface area contributed by atoms with Gasteiger partial charge >= 0.3 is 0 Å². The second-order valence-corrected chi connectivity index (χ2v) is 7.05. The molecule has 1 saturated heterocycles. The van der Waals surface area contributed by atoms with Crippen molar-refractivity contribution >= 4 is 11.6 Å². The molecule has 3 heterocycles. The molecule has 0 N–H and O–H groups in total. The fourth-order valence-electron chi connectivity index (χ4n) is 3.42. The van der Waals surface area contributed by atoms with Gasteiger partial charge in [0.1, 0.15) is 5.69 Å². The molecule has 0 unspecified atom stereocenters. The zero-order valence-corrected chi connectivity index (χ0v) is 15.7. The maximum atomic E-state index is 12.1. The van der Waals surface area contributed by atoms with Crippen LogP contribution in [0.15, 0.2) is 36.5 Å². The SMILES string of the molecule is CN(C)C(=O)c1cc(N2CCN(Cc3ccc4c(c3)OCO4)CC2)ccn1. The van der Waals surface area contributed by atoms with E-state index in [4.69, 9.17) is 9.47 Å². The van der Waals surface area contributed by atoms with Gasteiger partial charge in [0, 0.05) is 58.7 Å². The summed E-state index contributed by atoms with van der Waals surface area (Å²) in [6.07, 6.45) is 1.71. The van der Waals surface area contributed by atoms with Gasteiger partial charge in [0.15, 0.2) is 11.5 Å². The molecule has 0 radical (unpaired) electrons. The molecule has 0 aliphatic carbocycles. The molecule has 142 valence electrons. The average Bonchev–Trinajstić information content (AvgIpc) is 3.16. The van der Waals surface area contributed by atoms with Crippen molar-refractivity contribution in [3.05, 3.63) is 47.8 Å². The van der Waals surface area contributed by atoms with Crippen molar-refractivity contribution in [3.63, 3.8) is 0 Å². The summed E-state index contributed by atoms with van der Waals surface area (Å²) >= 11 is 0. The van der Waals surface area contributed by atoms with E-state index in [2.05, 4.69) is 26.9 Å². The van der Waals surface area contributed by atoms with Crippen LogP contribution in [0.25, 0.3) is 0 Å². The lowest BCUT2D eigenvalue weighted by Gasteiger charge is -2.36. The topological polar surface area (TPSA) is 58.1 Å². The number of hydrogen-bond acceptors (Lipinski definition) is 6. The summed E-state index contributed by atoms with van der Waals surface area (Å²) in [5, 5.41) is 0. The molecule has 1 aromatic carbocycles. The van der Waals surface area contributed by atoms with E-state index >= 15 is 0 Å². The minimum atomic E-state index is -0.0710. The van der Waals surface area contributed by atoms with Crippen LogP contribution in [0.2, 0.25) is 0 Å². The number of pyridine rings is 1. The van der Waals surface area contributed by atoms with Gasteiger partial charge in [0.25, 0.3) is 5.91 Å². The number of piperazine rings is 1. The highest BCUT2D eigenvalue weighted by Crippen LogP contribution is 2.33. The van der Waals surface area contributed by atoms with Crippen molar-refractivity contribution in [2.24, 2.45) is 0 Å². The highest BCUT2D eigenvalue weighted by Gasteiger charge is 2.20. The van der Waals surface area contributed by atoms with Crippen LogP contribution in [0.4, 0.5) is 5.69 Å². The zero-order valence-electron chi connectivity index (χ0n) is 15.7. The van der Waals surface area contributed by atoms with Gasteiger partial charge in [-0.05, 0) is 29.8 Å². The van der Waals surface area contributed by atoms with E-state index < -0.39 is 0 Å². The van der Waals surface area contributed by atoms with Crippen molar-refractivity contribution in [1.82, 2.24) is 14.8 Å². The fourth-order valence-corrected chi connectivity index (χ4v) is 3.42. The van der Waals surface area contributed by atoms with E-state index in [9.17, 15) is 4.79 Å². The van der Waals surface area contributed by atoms with Crippen LogP contribution in [0, 0.1) is 0 Å². The van der Waals surface area contributed by atoms with Crippen LogP contribution in [-0.2, 0) is 6.54 Å². The molecule has 0 atom stereocenters. The predicted molar refractivity (Wildman–Crippen MR) is 102 cm³/mol. The van der Waals surface area contributed by atoms with Crippen LogP contribution >= 0.6 is 0 Å². The Hall–Kier alpha value is -2.80. The number of ether oxygens (including phenoxy) is 2. The summed E-state index contributed by atoms with van der Waals surface area (Å²) in [6.45, 7) is 4.97. The quantitative estimate of drug-likeness (QED) is 0.821. The van der Waals surface area contributed by atoms with Crippen LogP contribution < -0.4 is 14.4 Å². The van der Waals surface area contributed by atoms with Crippen molar-refractivity contribution in [3.8, 4) is 11.5 Å². The fraction of sp³-hybridized carbons (Fsp3) is 0.400. The largest absolute Gasteiger partial charge is 0.454 e. The van der Waals surface area contributed by atoms with E-state index in [0.717, 1.165) is 49.9 Å². The standard InChI is InChI=1S/C20H24N4O3/c1-22(2)20(25)17-12-16(5-6-21-17)24-9-7-23(8-10-24)13-15-3-4-18-19(11-15)27-14-26-18/h3-6,11-12H,7-10,13-14H2,1-2H3. The molecule has 1 fully saturated rings. The average molecular weight is 368 g/mol. The Balaban J connectivity index is 1.36. The number of carbonyl (C=O) groups is 1.